The number of nitrogens with one attached hydrogen (secondary N) is 1. The lowest BCUT2D eigenvalue weighted by molar-refractivity contribution is 0.191. The number of hydrogen-bond acceptors (Lipinski definition) is 5. The van der Waals surface area contributed by atoms with Crippen molar-refractivity contribution in [2.75, 3.05) is 6.54 Å². The number of aromatic nitrogens is 2. The highest BCUT2D eigenvalue weighted by molar-refractivity contribution is 5.01. The minimum Gasteiger partial charge on any atom is -0.392 e. The molecular weight excluding hydrogens is 242 g/mol. The SMILES string of the molecule is O[C@@H]1CN[C@@H](c2nc(C3CCCCCCC3)no2)C1. The van der Waals surface area contributed by atoms with Gasteiger partial charge in [0.15, 0.2) is 5.82 Å². The molecule has 2 N–H and O–H groups in total. The van der Waals surface area contributed by atoms with E-state index in [9.17, 15) is 5.11 Å². The summed E-state index contributed by atoms with van der Waals surface area (Å²) in [5.74, 6) is 1.98. The highest BCUT2D eigenvalue weighted by Gasteiger charge is 2.29. The molecule has 3 rings (SSSR count). The van der Waals surface area contributed by atoms with Gasteiger partial charge in [0.05, 0.1) is 12.1 Å². The van der Waals surface area contributed by atoms with Gasteiger partial charge in [-0.1, -0.05) is 37.3 Å². The normalized spacial score (nSPS) is 30.2. The number of aliphatic hydroxyl groups excluding tert-OH is 1. The molecule has 1 aromatic heterocycles. The Morgan fingerprint density at radius 1 is 1.11 bits per heavy atom. The average molecular weight is 265 g/mol. The molecule has 0 bridgehead atoms. The summed E-state index contributed by atoms with van der Waals surface area (Å²) in [4.78, 5) is 4.57. The van der Waals surface area contributed by atoms with Gasteiger partial charge in [0, 0.05) is 12.5 Å². The first-order valence-corrected chi connectivity index (χ1v) is 7.58. The molecule has 0 spiro atoms. The van der Waals surface area contributed by atoms with E-state index in [-0.39, 0.29) is 12.1 Å². The second-order valence-corrected chi connectivity index (χ2v) is 5.88. The Hall–Kier alpha value is -0.940. The van der Waals surface area contributed by atoms with Crippen molar-refractivity contribution in [2.45, 2.75) is 69.4 Å². The van der Waals surface area contributed by atoms with Gasteiger partial charge < -0.3 is 14.9 Å². The smallest absolute Gasteiger partial charge is 0.243 e. The highest BCUT2D eigenvalue weighted by atomic mass is 16.5. The molecule has 2 aliphatic rings. The van der Waals surface area contributed by atoms with Gasteiger partial charge in [-0.25, -0.2) is 0 Å². The van der Waals surface area contributed by atoms with Gasteiger partial charge in [-0.15, -0.1) is 0 Å². The van der Waals surface area contributed by atoms with Gasteiger partial charge in [-0.3, -0.25) is 0 Å². The number of hydrogen-bond donors (Lipinski definition) is 2. The Balaban J connectivity index is 1.66. The zero-order valence-electron chi connectivity index (χ0n) is 11.3. The van der Waals surface area contributed by atoms with E-state index in [4.69, 9.17) is 4.52 Å². The third-order valence-corrected chi connectivity index (χ3v) is 4.33. The van der Waals surface area contributed by atoms with Gasteiger partial charge in [-0.2, -0.15) is 4.98 Å². The standard InChI is InChI=1S/C14H23N3O2/c18-11-8-12(15-9-11)14-16-13(17-19-14)10-6-4-2-1-3-5-7-10/h10-12,15,18H,1-9H2/t11-,12+/m0/s1. The Kier molecular flexibility index (Phi) is 4.13. The minimum absolute atomic E-state index is 0.0322. The molecule has 1 saturated carbocycles. The Morgan fingerprint density at radius 3 is 2.53 bits per heavy atom. The molecule has 0 amide bonds. The molecule has 1 aromatic rings. The highest BCUT2D eigenvalue weighted by Crippen LogP contribution is 2.30. The molecular formula is C14H23N3O2. The maximum absolute atomic E-state index is 9.53. The fourth-order valence-electron chi connectivity index (χ4n) is 3.17. The van der Waals surface area contributed by atoms with E-state index in [1.54, 1.807) is 0 Å². The fraction of sp³-hybridized carbons (Fsp3) is 0.857. The molecule has 0 aromatic carbocycles. The van der Waals surface area contributed by atoms with Crippen molar-refractivity contribution < 1.29 is 9.63 Å². The van der Waals surface area contributed by atoms with Crippen molar-refractivity contribution in [2.24, 2.45) is 0 Å². The maximum atomic E-state index is 9.53. The molecule has 1 aliphatic heterocycles. The van der Waals surface area contributed by atoms with Crippen molar-refractivity contribution in [3.63, 3.8) is 0 Å². The van der Waals surface area contributed by atoms with E-state index in [0.717, 1.165) is 5.82 Å². The average Bonchev–Trinajstić information content (AvgIpc) is 2.97. The molecule has 1 aliphatic carbocycles. The summed E-state index contributed by atoms with van der Waals surface area (Å²) in [6, 6.07) is 0.0322. The Morgan fingerprint density at radius 2 is 1.84 bits per heavy atom. The van der Waals surface area contributed by atoms with Crippen LogP contribution in [0.25, 0.3) is 0 Å². The lowest BCUT2D eigenvalue weighted by atomic mass is 9.91. The molecule has 5 heteroatoms. The second kappa shape index (κ2) is 6.01. The Labute approximate surface area is 113 Å². The van der Waals surface area contributed by atoms with E-state index >= 15 is 0 Å². The Bertz CT molecular complexity index is 399. The van der Waals surface area contributed by atoms with Gasteiger partial charge in [-0.05, 0) is 19.3 Å². The van der Waals surface area contributed by atoms with Gasteiger partial charge >= 0.3 is 0 Å². The minimum atomic E-state index is -0.290. The molecule has 19 heavy (non-hydrogen) atoms. The molecule has 1 saturated heterocycles. The number of aliphatic hydroxyl groups is 1. The van der Waals surface area contributed by atoms with Crippen LogP contribution < -0.4 is 5.32 Å². The monoisotopic (exact) mass is 265 g/mol. The van der Waals surface area contributed by atoms with Crippen LogP contribution in [-0.2, 0) is 0 Å². The van der Waals surface area contributed by atoms with Crippen LogP contribution in [0.5, 0.6) is 0 Å². The van der Waals surface area contributed by atoms with Crippen molar-refractivity contribution in [1.82, 2.24) is 15.5 Å². The van der Waals surface area contributed by atoms with Crippen LogP contribution in [0.15, 0.2) is 4.52 Å². The first-order chi connectivity index (χ1) is 9.33. The lowest BCUT2D eigenvalue weighted by Crippen LogP contribution is -2.15. The van der Waals surface area contributed by atoms with Crippen molar-refractivity contribution >= 4 is 0 Å². The molecule has 0 radical (unpaired) electrons. The summed E-state index contributed by atoms with van der Waals surface area (Å²) >= 11 is 0. The van der Waals surface area contributed by atoms with E-state index in [0.29, 0.717) is 24.8 Å². The fourth-order valence-corrected chi connectivity index (χ4v) is 3.17. The van der Waals surface area contributed by atoms with E-state index in [1.165, 1.54) is 44.9 Å². The lowest BCUT2D eigenvalue weighted by Gasteiger charge is -2.15. The first-order valence-electron chi connectivity index (χ1n) is 7.58. The zero-order chi connectivity index (χ0) is 13.1. The molecule has 2 fully saturated rings. The largest absolute Gasteiger partial charge is 0.392 e. The summed E-state index contributed by atoms with van der Waals surface area (Å²) in [7, 11) is 0. The number of nitrogens with zero attached hydrogens (tertiary/aromatic N) is 2. The van der Waals surface area contributed by atoms with Gasteiger partial charge in [0.2, 0.25) is 5.89 Å². The van der Waals surface area contributed by atoms with Crippen LogP contribution in [0.1, 0.15) is 75.0 Å². The summed E-state index contributed by atoms with van der Waals surface area (Å²) in [5.41, 5.74) is 0. The summed E-state index contributed by atoms with van der Waals surface area (Å²) in [6.45, 7) is 0.617. The summed E-state index contributed by atoms with van der Waals surface area (Å²) in [6.07, 6.45) is 9.32. The van der Waals surface area contributed by atoms with Crippen LogP contribution in [0.2, 0.25) is 0 Å². The zero-order valence-corrected chi connectivity index (χ0v) is 11.3. The molecule has 106 valence electrons. The van der Waals surface area contributed by atoms with Crippen molar-refractivity contribution in [3.8, 4) is 0 Å². The molecule has 5 nitrogen and oxygen atoms in total. The number of β-amino-alcohol motifs (C(OH)–C–C–N with tert-alkyl or cyclic N) is 1. The van der Waals surface area contributed by atoms with E-state index < -0.39 is 0 Å². The van der Waals surface area contributed by atoms with E-state index in [2.05, 4.69) is 15.5 Å². The molecule has 2 heterocycles. The van der Waals surface area contributed by atoms with Crippen molar-refractivity contribution in [1.29, 1.82) is 0 Å². The molecule has 0 unspecified atom stereocenters. The maximum Gasteiger partial charge on any atom is 0.243 e. The first kappa shape index (κ1) is 13.1. The van der Waals surface area contributed by atoms with E-state index in [1.807, 2.05) is 0 Å². The van der Waals surface area contributed by atoms with Gasteiger partial charge in [0.1, 0.15) is 0 Å². The third kappa shape index (κ3) is 3.15. The van der Waals surface area contributed by atoms with Gasteiger partial charge in [0.25, 0.3) is 0 Å². The molecule has 2 atom stereocenters. The summed E-state index contributed by atoms with van der Waals surface area (Å²) in [5, 5.41) is 16.9. The van der Waals surface area contributed by atoms with Crippen LogP contribution >= 0.6 is 0 Å². The topological polar surface area (TPSA) is 71.2 Å². The second-order valence-electron chi connectivity index (χ2n) is 5.88. The van der Waals surface area contributed by atoms with Crippen LogP contribution in [0, 0.1) is 0 Å². The quantitative estimate of drug-likeness (QED) is 0.858. The van der Waals surface area contributed by atoms with Crippen molar-refractivity contribution in [3.05, 3.63) is 11.7 Å². The van der Waals surface area contributed by atoms with Crippen LogP contribution in [-0.4, -0.2) is 27.9 Å². The van der Waals surface area contributed by atoms with Crippen LogP contribution in [0.3, 0.4) is 0 Å². The number of rotatable bonds is 2. The predicted molar refractivity (Wildman–Crippen MR) is 70.7 cm³/mol. The predicted octanol–water partition coefficient (Wildman–Crippen LogP) is 2.29. The van der Waals surface area contributed by atoms with Crippen LogP contribution in [0.4, 0.5) is 0 Å². The third-order valence-electron chi connectivity index (χ3n) is 4.33. The summed E-state index contributed by atoms with van der Waals surface area (Å²) < 4.78 is 5.39.